The van der Waals surface area contributed by atoms with Gasteiger partial charge in [-0.15, -0.1) is 0 Å². The van der Waals surface area contributed by atoms with Crippen LogP contribution in [0.15, 0.2) is 96.5 Å². The highest BCUT2D eigenvalue weighted by atomic mass is 35.5. The predicted octanol–water partition coefficient (Wildman–Crippen LogP) is 4.94. The van der Waals surface area contributed by atoms with E-state index in [4.69, 9.17) is 11.6 Å². The van der Waals surface area contributed by atoms with E-state index < -0.39 is 10.0 Å². The van der Waals surface area contributed by atoms with Gasteiger partial charge in [-0.3, -0.25) is 14.3 Å². The number of hydrogen-bond donors (Lipinski definition) is 1. The molecule has 0 spiro atoms. The van der Waals surface area contributed by atoms with Crippen molar-refractivity contribution in [1.29, 1.82) is 0 Å². The Labute approximate surface area is 189 Å². The molecule has 4 aromatic heterocycles. The lowest BCUT2D eigenvalue weighted by atomic mass is 10.1. The Balaban J connectivity index is 1.50. The summed E-state index contributed by atoms with van der Waals surface area (Å²) in [6, 6.07) is 17.5. The van der Waals surface area contributed by atoms with Crippen LogP contribution in [0.2, 0.25) is 5.15 Å². The van der Waals surface area contributed by atoms with Gasteiger partial charge in [0.05, 0.1) is 22.5 Å². The first-order chi connectivity index (χ1) is 15.5. The molecule has 5 aromatic rings. The predicted molar refractivity (Wildman–Crippen MR) is 124 cm³/mol. The average Bonchev–Trinajstić information content (AvgIpc) is 3.25. The zero-order chi connectivity index (χ0) is 22.1. The van der Waals surface area contributed by atoms with Gasteiger partial charge in [0, 0.05) is 41.3 Å². The maximum Gasteiger partial charge on any atom is 0.261 e. The van der Waals surface area contributed by atoms with E-state index in [0.717, 1.165) is 22.3 Å². The molecule has 1 aromatic carbocycles. The molecule has 0 aliphatic carbocycles. The number of pyridine rings is 3. The fraction of sp³-hybridized carbons (Fsp3) is 0. The Hall–Kier alpha value is -3.75. The highest BCUT2D eigenvalue weighted by Gasteiger charge is 2.17. The zero-order valence-corrected chi connectivity index (χ0v) is 18.1. The van der Waals surface area contributed by atoms with Gasteiger partial charge < -0.3 is 0 Å². The Morgan fingerprint density at radius 3 is 2.44 bits per heavy atom. The van der Waals surface area contributed by atoms with Crippen LogP contribution in [-0.4, -0.2) is 27.9 Å². The standard InChI is InChI=1S/C23H16ClN5O2S/c24-22-21(28-32(30,31)20-6-2-1-3-7-20)12-18(13-26-22)17-11-16-8-10-29(23(16)27-14-17)19-5-4-9-25-15-19/h1-15,28H. The van der Waals surface area contributed by atoms with Crippen molar-refractivity contribution < 1.29 is 8.42 Å². The number of halogens is 1. The van der Waals surface area contributed by atoms with Crippen LogP contribution in [0.25, 0.3) is 27.8 Å². The first kappa shape index (κ1) is 20.2. The van der Waals surface area contributed by atoms with Crippen LogP contribution in [0.3, 0.4) is 0 Å². The van der Waals surface area contributed by atoms with E-state index in [1.54, 1.807) is 49.1 Å². The van der Waals surface area contributed by atoms with Crippen LogP contribution in [0, 0.1) is 0 Å². The van der Waals surface area contributed by atoms with Crippen LogP contribution in [0.5, 0.6) is 0 Å². The van der Waals surface area contributed by atoms with E-state index in [1.807, 2.05) is 35.0 Å². The van der Waals surface area contributed by atoms with Crippen LogP contribution in [-0.2, 0) is 10.0 Å². The molecule has 32 heavy (non-hydrogen) atoms. The number of nitrogens with zero attached hydrogens (tertiary/aromatic N) is 4. The molecule has 0 amide bonds. The minimum absolute atomic E-state index is 0.0602. The number of rotatable bonds is 5. The van der Waals surface area contributed by atoms with E-state index in [-0.39, 0.29) is 15.7 Å². The summed E-state index contributed by atoms with van der Waals surface area (Å²) in [5.74, 6) is 0. The smallest absolute Gasteiger partial charge is 0.261 e. The van der Waals surface area contributed by atoms with Gasteiger partial charge in [0.15, 0.2) is 5.15 Å². The molecule has 158 valence electrons. The van der Waals surface area contributed by atoms with Gasteiger partial charge in [0.25, 0.3) is 10.0 Å². The summed E-state index contributed by atoms with van der Waals surface area (Å²) in [4.78, 5) is 13.1. The number of sulfonamides is 1. The molecule has 0 radical (unpaired) electrons. The zero-order valence-electron chi connectivity index (χ0n) is 16.6. The Morgan fingerprint density at radius 1 is 0.875 bits per heavy atom. The van der Waals surface area contributed by atoms with Crippen LogP contribution >= 0.6 is 11.6 Å². The van der Waals surface area contributed by atoms with Crippen molar-refractivity contribution in [2.24, 2.45) is 0 Å². The summed E-state index contributed by atoms with van der Waals surface area (Å²) in [6.45, 7) is 0. The molecule has 0 atom stereocenters. The second-order valence-electron chi connectivity index (χ2n) is 7.01. The highest BCUT2D eigenvalue weighted by Crippen LogP contribution is 2.30. The van der Waals surface area contributed by atoms with Gasteiger partial charge in [-0.1, -0.05) is 29.8 Å². The second-order valence-corrected chi connectivity index (χ2v) is 9.06. The number of fused-ring (bicyclic) bond motifs is 1. The Kier molecular flexibility index (Phi) is 5.08. The molecule has 5 rings (SSSR count). The molecule has 0 aliphatic rings. The lowest BCUT2D eigenvalue weighted by molar-refractivity contribution is 0.601. The lowest BCUT2D eigenvalue weighted by Crippen LogP contribution is -2.13. The van der Waals surface area contributed by atoms with Crippen molar-refractivity contribution in [2.45, 2.75) is 4.90 Å². The van der Waals surface area contributed by atoms with Crippen molar-refractivity contribution in [3.05, 3.63) is 96.8 Å². The summed E-state index contributed by atoms with van der Waals surface area (Å²) in [6.07, 6.45) is 8.72. The summed E-state index contributed by atoms with van der Waals surface area (Å²) in [7, 11) is -3.80. The van der Waals surface area contributed by atoms with Crippen molar-refractivity contribution in [3.63, 3.8) is 0 Å². The van der Waals surface area contributed by atoms with E-state index in [1.165, 1.54) is 12.1 Å². The van der Waals surface area contributed by atoms with Crippen molar-refractivity contribution in [2.75, 3.05) is 4.72 Å². The summed E-state index contributed by atoms with van der Waals surface area (Å²) in [5, 5.41) is 0.984. The van der Waals surface area contributed by atoms with Gasteiger partial charge in [0.2, 0.25) is 0 Å². The van der Waals surface area contributed by atoms with Crippen molar-refractivity contribution in [3.8, 4) is 16.8 Å². The SMILES string of the molecule is O=S(=O)(Nc1cc(-c2cnc3c(ccn3-c3cccnc3)c2)cnc1Cl)c1ccccc1. The molecule has 0 fully saturated rings. The van der Waals surface area contributed by atoms with Crippen LogP contribution < -0.4 is 4.72 Å². The molecule has 7 nitrogen and oxygen atoms in total. The molecule has 4 heterocycles. The molecule has 0 saturated carbocycles. The largest absolute Gasteiger partial charge is 0.300 e. The van der Waals surface area contributed by atoms with Crippen LogP contribution in [0.4, 0.5) is 5.69 Å². The maximum atomic E-state index is 12.7. The lowest BCUT2D eigenvalue weighted by Gasteiger charge is -2.11. The van der Waals surface area contributed by atoms with Crippen molar-refractivity contribution >= 4 is 38.3 Å². The van der Waals surface area contributed by atoms with Gasteiger partial charge in [-0.2, -0.15) is 0 Å². The summed E-state index contributed by atoms with van der Waals surface area (Å²) < 4.78 is 29.9. The molecule has 0 saturated heterocycles. The van der Waals surface area contributed by atoms with Gasteiger partial charge in [-0.05, 0) is 42.5 Å². The third kappa shape index (κ3) is 3.81. The molecule has 9 heteroatoms. The summed E-state index contributed by atoms with van der Waals surface area (Å²) in [5.41, 5.74) is 3.36. The molecule has 0 bridgehead atoms. The number of hydrogen-bond acceptors (Lipinski definition) is 5. The Morgan fingerprint density at radius 2 is 1.66 bits per heavy atom. The van der Waals surface area contributed by atoms with E-state index in [2.05, 4.69) is 19.7 Å². The van der Waals surface area contributed by atoms with Crippen molar-refractivity contribution in [1.82, 2.24) is 19.5 Å². The monoisotopic (exact) mass is 461 g/mol. The number of anilines is 1. The minimum atomic E-state index is -3.80. The fourth-order valence-electron chi connectivity index (χ4n) is 3.37. The molecule has 0 aliphatic heterocycles. The topological polar surface area (TPSA) is 89.8 Å². The van der Waals surface area contributed by atoms with E-state index in [0.29, 0.717) is 5.56 Å². The third-order valence-corrected chi connectivity index (χ3v) is 6.60. The van der Waals surface area contributed by atoms with Gasteiger partial charge in [-0.25, -0.2) is 18.4 Å². The Bertz CT molecular complexity index is 1520. The quantitative estimate of drug-likeness (QED) is 0.374. The van der Waals surface area contributed by atoms with E-state index >= 15 is 0 Å². The number of nitrogens with one attached hydrogen (secondary N) is 1. The molecular formula is C23H16ClN5O2S. The van der Waals surface area contributed by atoms with E-state index in [9.17, 15) is 8.42 Å². The molecular weight excluding hydrogens is 446 g/mol. The first-order valence-corrected chi connectivity index (χ1v) is 11.5. The second kappa shape index (κ2) is 8.07. The average molecular weight is 462 g/mol. The molecule has 0 unspecified atom stereocenters. The minimum Gasteiger partial charge on any atom is -0.300 e. The fourth-order valence-corrected chi connectivity index (χ4v) is 4.65. The highest BCUT2D eigenvalue weighted by molar-refractivity contribution is 7.92. The maximum absolute atomic E-state index is 12.7. The molecule has 1 N–H and O–H groups in total. The number of benzene rings is 1. The third-order valence-electron chi connectivity index (χ3n) is 4.92. The van der Waals surface area contributed by atoms with Crippen LogP contribution in [0.1, 0.15) is 0 Å². The first-order valence-electron chi connectivity index (χ1n) is 9.62. The van der Waals surface area contributed by atoms with Gasteiger partial charge in [0.1, 0.15) is 5.65 Å². The summed E-state index contributed by atoms with van der Waals surface area (Å²) >= 11 is 6.18. The normalized spacial score (nSPS) is 11.5. The van der Waals surface area contributed by atoms with Gasteiger partial charge >= 0.3 is 0 Å². The number of aromatic nitrogens is 4.